The van der Waals surface area contributed by atoms with E-state index in [1.54, 1.807) is 4.90 Å². The zero-order chi connectivity index (χ0) is 21.6. The first-order valence-electron chi connectivity index (χ1n) is 10.5. The average Bonchev–Trinajstić information content (AvgIpc) is 3.22. The van der Waals surface area contributed by atoms with Crippen LogP contribution in [-0.2, 0) is 27.3 Å². The van der Waals surface area contributed by atoms with E-state index in [0.29, 0.717) is 13.0 Å². The molecule has 158 valence electrons. The Hall–Kier alpha value is -3.67. The Bertz CT molecular complexity index is 1120. The number of nitrogens with one attached hydrogen (secondary N) is 2. The molecule has 6 heteroatoms. The van der Waals surface area contributed by atoms with Crippen molar-refractivity contribution in [1.82, 2.24) is 10.6 Å². The molecule has 0 radical (unpaired) electrons. The predicted octanol–water partition coefficient (Wildman–Crippen LogP) is 2.94. The van der Waals surface area contributed by atoms with Crippen LogP contribution in [0, 0.1) is 0 Å². The standard InChI is InChI=1S/C25H25N3O3/c29-23(15-20-9-4-8-19-7-1-2-11-22(19)20)27-17-24(30)26-16-18-6-3-10-21(14-18)28-13-5-12-25(28)31/h1-4,6-11,14H,5,12-13,15-17H2,(H,26,30)(H,27,29). The van der Waals surface area contributed by atoms with E-state index in [2.05, 4.69) is 10.6 Å². The van der Waals surface area contributed by atoms with Crippen LogP contribution < -0.4 is 15.5 Å². The van der Waals surface area contributed by atoms with E-state index in [4.69, 9.17) is 0 Å². The van der Waals surface area contributed by atoms with Gasteiger partial charge < -0.3 is 15.5 Å². The Morgan fingerprint density at radius 2 is 1.71 bits per heavy atom. The van der Waals surface area contributed by atoms with Crippen LogP contribution in [-0.4, -0.2) is 30.8 Å². The van der Waals surface area contributed by atoms with Gasteiger partial charge in [-0.1, -0.05) is 54.6 Å². The molecule has 0 saturated carbocycles. The maximum Gasteiger partial charge on any atom is 0.239 e. The van der Waals surface area contributed by atoms with Gasteiger partial charge in [0.05, 0.1) is 13.0 Å². The van der Waals surface area contributed by atoms with Crippen molar-refractivity contribution in [2.75, 3.05) is 18.0 Å². The summed E-state index contributed by atoms with van der Waals surface area (Å²) in [6.45, 7) is 0.999. The topological polar surface area (TPSA) is 78.5 Å². The zero-order valence-corrected chi connectivity index (χ0v) is 17.3. The molecule has 6 nitrogen and oxygen atoms in total. The second kappa shape index (κ2) is 9.43. The highest BCUT2D eigenvalue weighted by Gasteiger charge is 2.21. The molecule has 0 atom stereocenters. The molecular weight excluding hydrogens is 390 g/mol. The smallest absolute Gasteiger partial charge is 0.239 e. The average molecular weight is 415 g/mol. The van der Waals surface area contributed by atoms with Crippen LogP contribution in [0.2, 0.25) is 0 Å². The molecule has 1 aliphatic heterocycles. The van der Waals surface area contributed by atoms with Crippen LogP contribution >= 0.6 is 0 Å². The van der Waals surface area contributed by atoms with Crippen molar-refractivity contribution in [1.29, 1.82) is 0 Å². The summed E-state index contributed by atoms with van der Waals surface area (Å²) in [5.41, 5.74) is 2.70. The number of hydrogen-bond acceptors (Lipinski definition) is 3. The first-order valence-corrected chi connectivity index (χ1v) is 10.5. The maximum absolute atomic E-state index is 12.3. The first kappa shape index (κ1) is 20.6. The van der Waals surface area contributed by atoms with Crippen molar-refractivity contribution >= 4 is 34.2 Å². The van der Waals surface area contributed by atoms with Crippen LogP contribution in [0.4, 0.5) is 5.69 Å². The second-order valence-electron chi connectivity index (χ2n) is 7.69. The van der Waals surface area contributed by atoms with Crippen LogP contribution in [0.1, 0.15) is 24.0 Å². The predicted molar refractivity (Wildman–Crippen MR) is 121 cm³/mol. The number of carbonyl (C=O) groups excluding carboxylic acids is 3. The van der Waals surface area contributed by atoms with Gasteiger partial charge in [-0.05, 0) is 40.5 Å². The molecule has 1 fully saturated rings. The lowest BCUT2D eigenvalue weighted by molar-refractivity contribution is -0.125. The molecule has 0 aromatic heterocycles. The molecule has 3 aromatic carbocycles. The lowest BCUT2D eigenvalue weighted by atomic mass is 10.0. The molecule has 3 aromatic rings. The number of fused-ring (bicyclic) bond motifs is 1. The van der Waals surface area contributed by atoms with Gasteiger partial charge in [0.15, 0.2) is 0 Å². The summed E-state index contributed by atoms with van der Waals surface area (Å²) in [5, 5.41) is 7.64. The van der Waals surface area contributed by atoms with Crippen molar-refractivity contribution in [2.45, 2.75) is 25.8 Å². The van der Waals surface area contributed by atoms with Gasteiger partial charge in [0.2, 0.25) is 17.7 Å². The van der Waals surface area contributed by atoms with Crippen molar-refractivity contribution in [2.24, 2.45) is 0 Å². The largest absolute Gasteiger partial charge is 0.350 e. The van der Waals surface area contributed by atoms with E-state index in [1.165, 1.54) is 0 Å². The lowest BCUT2D eigenvalue weighted by Gasteiger charge is -2.16. The fourth-order valence-electron chi connectivity index (χ4n) is 3.88. The molecule has 1 heterocycles. The maximum atomic E-state index is 12.3. The summed E-state index contributed by atoms with van der Waals surface area (Å²) in [7, 11) is 0. The van der Waals surface area contributed by atoms with Crippen LogP contribution in [0.3, 0.4) is 0 Å². The van der Waals surface area contributed by atoms with Crippen molar-refractivity contribution in [3.63, 3.8) is 0 Å². The van der Waals surface area contributed by atoms with Gasteiger partial charge in [-0.15, -0.1) is 0 Å². The number of rotatable bonds is 7. The normalized spacial score (nSPS) is 13.4. The third-order valence-electron chi connectivity index (χ3n) is 5.46. The summed E-state index contributed by atoms with van der Waals surface area (Å²) in [5.74, 6) is -0.315. The number of amides is 3. The molecule has 2 N–H and O–H groups in total. The monoisotopic (exact) mass is 415 g/mol. The third-order valence-corrected chi connectivity index (χ3v) is 5.46. The van der Waals surface area contributed by atoms with E-state index in [0.717, 1.165) is 40.6 Å². The van der Waals surface area contributed by atoms with Gasteiger partial charge in [0.1, 0.15) is 0 Å². The Morgan fingerprint density at radius 1 is 0.903 bits per heavy atom. The lowest BCUT2D eigenvalue weighted by Crippen LogP contribution is -2.37. The molecule has 1 saturated heterocycles. The minimum atomic E-state index is -0.256. The van der Waals surface area contributed by atoms with E-state index >= 15 is 0 Å². The van der Waals surface area contributed by atoms with Gasteiger partial charge in [0.25, 0.3) is 0 Å². The summed E-state index contributed by atoms with van der Waals surface area (Å²) in [6.07, 6.45) is 1.68. The summed E-state index contributed by atoms with van der Waals surface area (Å²) in [4.78, 5) is 38.2. The molecule has 0 aliphatic carbocycles. The summed E-state index contributed by atoms with van der Waals surface area (Å²) in [6, 6.07) is 21.4. The van der Waals surface area contributed by atoms with Crippen LogP contribution in [0.5, 0.6) is 0 Å². The highest BCUT2D eigenvalue weighted by molar-refractivity contribution is 5.95. The van der Waals surface area contributed by atoms with Gasteiger partial charge in [0, 0.05) is 25.2 Å². The number of anilines is 1. The van der Waals surface area contributed by atoms with Crippen molar-refractivity contribution in [3.05, 3.63) is 77.9 Å². The van der Waals surface area contributed by atoms with E-state index in [-0.39, 0.29) is 30.7 Å². The van der Waals surface area contributed by atoms with E-state index < -0.39 is 0 Å². The number of carbonyl (C=O) groups is 3. The van der Waals surface area contributed by atoms with Gasteiger partial charge in [-0.25, -0.2) is 0 Å². The van der Waals surface area contributed by atoms with Crippen molar-refractivity contribution in [3.8, 4) is 0 Å². The fourth-order valence-corrected chi connectivity index (χ4v) is 3.88. The SMILES string of the molecule is O=C(CNC(=O)Cc1cccc2ccccc12)NCc1cccc(N2CCCC2=O)c1. The Kier molecular flexibility index (Phi) is 6.26. The number of hydrogen-bond donors (Lipinski definition) is 2. The van der Waals surface area contributed by atoms with Gasteiger partial charge in [-0.2, -0.15) is 0 Å². The second-order valence-corrected chi connectivity index (χ2v) is 7.69. The molecule has 0 spiro atoms. The zero-order valence-electron chi connectivity index (χ0n) is 17.3. The van der Waals surface area contributed by atoms with Gasteiger partial charge in [-0.3, -0.25) is 14.4 Å². The Balaban J connectivity index is 1.27. The first-order chi connectivity index (χ1) is 15.1. The highest BCUT2D eigenvalue weighted by atomic mass is 16.2. The number of nitrogens with zero attached hydrogens (tertiary/aromatic N) is 1. The molecule has 4 rings (SSSR count). The Labute approximate surface area is 181 Å². The molecular formula is C25H25N3O3. The fraction of sp³-hybridized carbons (Fsp3) is 0.240. The molecule has 0 unspecified atom stereocenters. The summed E-state index contributed by atoms with van der Waals surface area (Å²) >= 11 is 0. The van der Waals surface area contributed by atoms with Gasteiger partial charge >= 0.3 is 0 Å². The van der Waals surface area contributed by atoms with Crippen LogP contribution in [0.25, 0.3) is 10.8 Å². The number of benzene rings is 3. The molecule has 1 aliphatic rings. The summed E-state index contributed by atoms with van der Waals surface area (Å²) < 4.78 is 0. The quantitative estimate of drug-likeness (QED) is 0.623. The Morgan fingerprint density at radius 3 is 2.55 bits per heavy atom. The highest BCUT2D eigenvalue weighted by Crippen LogP contribution is 2.22. The van der Waals surface area contributed by atoms with E-state index in [1.807, 2.05) is 66.7 Å². The third kappa shape index (κ3) is 5.09. The minimum absolute atomic E-state index is 0.0755. The molecule has 3 amide bonds. The van der Waals surface area contributed by atoms with E-state index in [9.17, 15) is 14.4 Å². The minimum Gasteiger partial charge on any atom is -0.350 e. The van der Waals surface area contributed by atoms with Crippen LogP contribution in [0.15, 0.2) is 66.7 Å². The molecule has 31 heavy (non-hydrogen) atoms. The molecule has 0 bridgehead atoms. The van der Waals surface area contributed by atoms with Crippen molar-refractivity contribution < 1.29 is 14.4 Å².